The molecular weight excluding hydrogens is 226 g/mol. The van der Waals surface area contributed by atoms with Crippen molar-refractivity contribution in [2.24, 2.45) is 0 Å². The zero-order valence-corrected chi connectivity index (χ0v) is 9.81. The summed E-state index contributed by atoms with van der Waals surface area (Å²) in [6, 6.07) is 6.92. The number of aliphatic hydroxyl groups is 1. The van der Waals surface area contributed by atoms with Crippen LogP contribution in [0.15, 0.2) is 24.3 Å². The zero-order chi connectivity index (χ0) is 11.7. The molecule has 0 bridgehead atoms. The minimum absolute atomic E-state index is 0.0410. The highest BCUT2D eigenvalue weighted by atomic mass is 35.5. The van der Waals surface area contributed by atoms with Crippen LogP contribution in [0.3, 0.4) is 0 Å². The van der Waals surface area contributed by atoms with Gasteiger partial charge in [-0.3, -0.25) is 4.79 Å². The van der Waals surface area contributed by atoms with Gasteiger partial charge in [0.05, 0.1) is 6.10 Å². The number of likely N-dealkylation sites (tertiary alicyclic amines) is 1. The van der Waals surface area contributed by atoms with Crippen molar-refractivity contribution in [1.82, 2.24) is 4.90 Å². The summed E-state index contributed by atoms with van der Waals surface area (Å²) in [5.41, 5.74) is 0.616. The average molecular weight is 240 g/mol. The second-order valence-electron chi connectivity index (χ2n) is 4.20. The largest absolute Gasteiger partial charge is 0.391 e. The molecule has 1 aliphatic heterocycles. The van der Waals surface area contributed by atoms with E-state index in [0.29, 0.717) is 23.6 Å². The van der Waals surface area contributed by atoms with Crippen LogP contribution in [0.2, 0.25) is 5.02 Å². The van der Waals surface area contributed by atoms with Gasteiger partial charge >= 0.3 is 0 Å². The van der Waals surface area contributed by atoms with Crippen LogP contribution in [0.4, 0.5) is 0 Å². The molecule has 0 spiro atoms. The lowest BCUT2D eigenvalue weighted by molar-refractivity contribution is 0.0726. The van der Waals surface area contributed by atoms with Crippen LogP contribution < -0.4 is 0 Å². The lowest BCUT2D eigenvalue weighted by Gasteiger charge is -2.21. The Balaban J connectivity index is 2.16. The van der Waals surface area contributed by atoms with E-state index in [0.717, 1.165) is 0 Å². The molecule has 0 aromatic heterocycles. The summed E-state index contributed by atoms with van der Waals surface area (Å²) < 4.78 is 0. The van der Waals surface area contributed by atoms with Crippen LogP contribution in [-0.4, -0.2) is 34.6 Å². The Hall–Kier alpha value is -1.06. The number of nitrogens with zero attached hydrogens (tertiary/aromatic N) is 1. The lowest BCUT2D eigenvalue weighted by atomic mass is 10.2. The first-order chi connectivity index (χ1) is 7.58. The second-order valence-corrected chi connectivity index (χ2v) is 4.64. The van der Waals surface area contributed by atoms with Gasteiger partial charge in [0.2, 0.25) is 0 Å². The molecule has 1 aromatic rings. The number of hydrogen-bond acceptors (Lipinski definition) is 2. The fourth-order valence-electron chi connectivity index (χ4n) is 2.04. The third-order valence-corrected chi connectivity index (χ3v) is 3.16. The molecule has 3 nitrogen and oxygen atoms in total. The molecule has 0 saturated carbocycles. The number of β-amino-alcohol motifs (C(OH)–C–C–N with tert-alkyl or cyclic N) is 1. The van der Waals surface area contributed by atoms with E-state index in [1.54, 1.807) is 29.2 Å². The van der Waals surface area contributed by atoms with E-state index in [1.807, 2.05) is 6.92 Å². The fourth-order valence-corrected chi connectivity index (χ4v) is 2.17. The Labute approximate surface area is 99.6 Å². The number of benzene rings is 1. The monoisotopic (exact) mass is 239 g/mol. The normalized spacial score (nSPS) is 24.8. The summed E-state index contributed by atoms with van der Waals surface area (Å²) >= 11 is 5.76. The first-order valence-electron chi connectivity index (χ1n) is 5.32. The van der Waals surface area contributed by atoms with Crippen molar-refractivity contribution in [3.63, 3.8) is 0 Å². The van der Waals surface area contributed by atoms with Gasteiger partial charge in [-0.1, -0.05) is 11.6 Å². The maximum Gasteiger partial charge on any atom is 0.254 e. The molecule has 0 radical (unpaired) electrons. The second kappa shape index (κ2) is 4.44. The standard InChI is InChI=1S/C12H14ClNO2/c1-8-6-11(15)7-14(8)12(16)9-2-4-10(13)5-3-9/h2-5,8,11,15H,6-7H2,1H3/t8-,11+/m1/s1. The molecule has 1 saturated heterocycles. The number of carbonyl (C=O) groups excluding carboxylic acids is 1. The van der Waals surface area contributed by atoms with Crippen LogP contribution >= 0.6 is 11.6 Å². The van der Waals surface area contributed by atoms with Gasteiger partial charge in [-0.05, 0) is 37.6 Å². The predicted octanol–water partition coefficient (Wildman–Crippen LogP) is 1.94. The summed E-state index contributed by atoms with van der Waals surface area (Å²) in [5.74, 6) is -0.0410. The van der Waals surface area contributed by atoms with E-state index >= 15 is 0 Å². The summed E-state index contributed by atoms with van der Waals surface area (Å²) in [5, 5.41) is 10.1. The van der Waals surface area contributed by atoms with Crippen molar-refractivity contribution in [1.29, 1.82) is 0 Å². The van der Waals surface area contributed by atoms with Crippen molar-refractivity contribution < 1.29 is 9.90 Å². The third kappa shape index (κ3) is 2.20. The van der Waals surface area contributed by atoms with Crippen LogP contribution in [0, 0.1) is 0 Å². The molecule has 16 heavy (non-hydrogen) atoms. The quantitative estimate of drug-likeness (QED) is 0.814. The third-order valence-electron chi connectivity index (χ3n) is 2.90. The number of aliphatic hydroxyl groups excluding tert-OH is 1. The van der Waals surface area contributed by atoms with E-state index in [-0.39, 0.29) is 11.9 Å². The number of halogens is 1. The Kier molecular flexibility index (Phi) is 3.17. The maximum absolute atomic E-state index is 12.1. The summed E-state index contributed by atoms with van der Waals surface area (Å²) in [4.78, 5) is 13.8. The van der Waals surface area contributed by atoms with Gasteiger partial charge in [-0.25, -0.2) is 0 Å². The van der Waals surface area contributed by atoms with Gasteiger partial charge in [0.15, 0.2) is 0 Å². The van der Waals surface area contributed by atoms with Gasteiger partial charge in [0, 0.05) is 23.2 Å². The van der Waals surface area contributed by atoms with Gasteiger partial charge in [0.1, 0.15) is 0 Å². The molecule has 1 amide bonds. The molecule has 1 fully saturated rings. The van der Waals surface area contributed by atoms with Gasteiger partial charge in [-0.15, -0.1) is 0 Å². The van der Waals surface area contributed by atoms with Crippen LogP contribution in [0.5, 0.6) is 0 Å². The predicted molar refractivity (Wildman–Crippen MR) is 62.6 cm³/mol. The molecule has 1 aliphatic rings. The highest BCUT2D eigenvalue weighted by Crippen LogP contribution is 2.20. The highest BCUT2D eigenvalue weighted by molar-refractivity contribution is 6.30. The Morgan fingerprint density at radius 2 is 2.06 bits per heavy atom. The highest BCUT2D eigenvalue weighted by Gasteiger charge is 2.31. The van der Waals surface area contributed by atoms with Crippen LogP contribution in [0.25, 0.3) is 0 Å². The maximum atomic E-state index is 12.1. The molecule has 1 heterocycles. The fraction of sp³-hybridized carbons (Fsp3) is 0.417. The zero-order valence-electron chi connectivity index (χ0n) is 9.06. The molecule has 2 rings (SSSR count). The molecule has 1 N–H and O–H groups in total. The smallest absolute Gasteiger partial charge is 0.254 e. The van der Waals surface area contributed by atoms with Crippen molar-refractivity contribution in [3.05, 3.63) is 34.9 Å². The van der Waals surface area contributed by atoms with Crippen molar-refractivity contribution in [3.8, 4) is 0 Å². The van der Waals surface area contributed by atoms with E-state index in [4.69, 9.17) is 11.6 Å². The Morgan fingerprint density at radius 1 is 1.44 bits per heavy atom. The molecule has 86 valence electrons. The first-order valence-corrected chi connectivity index (χ1v) is 5.70. The van der Waals surface area contributed by atoms with Crippen LogP contribution in [0.1, 0.15) is 23.7 Å². The number of rotatable bonds is 1. The topological polar surface area (TPSA) is 40.5 Å². The minimum atomic E-state index is -0.397. The molecule has 4 heteroatoms. The molecule has 2 atom stereocenters. The molecular formula is C12H14ClNO2. The number of amides is 1. The van der Waals surface area contributed by atoms with Crippen LogP contribution in [-0.2, 0) is 0 Å². The lowest BCUT2D eigenvalue weighted by Crippen LogP contribution is -2.34. The van der Waals surface area contributed by atoms with Gasteiger partial charge < -0.3 is 10.0 Å². The van der Waals surface area contributed by atoms with E-state index in [9.17, 15) is 9.90 Å². The van der Waals surface area contributed by atoms with Gasteiger partial charge in [-0.2, -0.15) is 0 Å². The molecule has 0 unspecified atom stereocenters. The van der Waals surface area contributed by atoms with Gasteiger partial charge in [0.25, 0.3) is 5.91 Å². The molecule has 0 aliphatic carbocycles. The Bertz CT molecular complexity index is 391. The van der Waals surface area contributed by atoms with E-state index in [2.05, 4.69) is 0 Å². The first kappa shape index (κ1) is 11.4. The minimum Gasteiger partial charge on any atom is -0.391 e. The summed E-state index contributed by atoms with van der Waals surface area (Å²) in [6.45, 7) is 2.37. The van der Waals surface area contributed by atoms with Crippen molar-refractivity contribution in [2.45, 2.75) is 25.5 Å². The van der Waals surface area contributed by atoms with E-state index < -0.39 is 6.10 Å². The van der Waals surface area contributed by atoms with Crippen molar-refractivity contribution in [2.75, 3.05) is 6.54 Å². The number of hydrogen-bond donors (Lipinski definition) is 1. The van der Waals surface area contributed by atoms with Crippen molar-refractivity contribution >= 4 is 17.5 Å². The Morgan fingerprint density at radius 3 is 2.56 bits per heavy atom. The average Bonchev–Trinajstić information content (AvgIpc) is 2.58. The SMILES string of the molecule is C[C@@H]1C[C@H](O)CN1C(=O)c1ccc(Cl)cc1. The van der Waals surface area contributed by atoms with E-state index in [1.165, 1.54) is 0 Å². The summed E-state index contributed by atoms with van der Waals surface area (Å²) in [6.07, 6.45) is 0.255. The summed E-state index contributed by atoms with van der Waals surface area (Å²) in [7, 11) is 0. The number of carbonyl (C=O) groups is 1. The molecule has 1 aromatic carbocycles.